The largest absolute Gasteiger partial charge is 0.319 e. The Hall–Kier alpha value is -2.14. The smallest absolute Gasteiger partial charge is 0.123 e. The molecule has 0 aliphatic heterocycles. The zero-order valence-electron chi connectivity index (χ0n) is 17.3. The Kier molecular flexibility index (Phi) is 8.50. The summed E-state index contributed by atoms with van der Waals surface area (Å²) in [6.45, 7) is 3.11. The molecule has 0 aliphatic carbocycles. The molecule has 0 radical (unpaired) electrons. The van der Waals surface area contributed by atoms with Crippen molar-refractivity contribution < 1.29 is 4.39 Å². The first-order valence-corrected chi connectivity index (χ1v) is 11.4. The molecule has 2 aromatic carbocycles. The fraction of sp³-hybridized carbons (Fsp3) is 0.240. The number of aryl methyl sites for hydroxylation is 1. The third-order valence-electron chi connectivity index (χ3n) is 4.87. The van der Waals surface area contributed by atoms with Gasteiger partial charge in [-0.25, -0.2) is 4.39 Å². The van der Waals surface area contributed by atoms with E-state index in [2.05, 4.69) is 29.4 Å². The summed E-state index contributed by atoms with van der Waals surface area (Å²) in [7, 11) is 1.97. The number of likely N-dealkylation sites (N-methyl/N-ethyl adjacent to an activating group) is 1. The molecule has 3 rings (SSSR count). The molecule has 0 saturated carbocycles. The molecule has 1 aromatic heterocycles. The summed E-state index contributed by atoms with van der Waals surface area (Å²) in [5.74, 6) is 0.538. The molecule has 0 fully saturated rings. The predicted octanol–water partition coefficient (Wildman–Crippen LogP) is 6.66. The number of hydrogen-bond donors (Lipinski definition) is 1. The predicted molar refractivity (Wildman–Crippen MR) is 128 cm³/mol. The van der Waals surface area contributed by atoms with Gasteiger partial charge < -0.3 is 5.32 Å². The first kappa shape index (κ1) is 22.5. The third-order valence-corrected chi connectivity index (χ3v) is 6.49. The second kappa shape index (κ2) is 11.3. The molecule has 1 heterocycles. The molecule has 0 atom stereocenters. The van der Waals surface area contributed by atoms with Crippen LogP contribution in [0, 0.1) is 5.82 Å². The van der Waals surface area contributed by atoms with E-state index in [-0.39, 0.29) is 5.82 Å². The fourth-order valence-corrected chi connectivity index (χ4v) is 4.60. The number of thioether (sulfide) groups is 1. The minimum Gasteiger partial charge on any atom is -0.319 e. The van der Waals surface area contributed by atoms with Crippen LogP contribution >= 0.6 is 23.4 Å². The molecule has 3 aromatic rings. The van der Waals surface area contributed by atoms with Crippen LogP contribution in [0.2, 0.25) is 5.02 Å². The van der Waals surface area contributed by atoms with Gasteiger partial charge in [0.05, 0.1) is 10.7 Å². The number of pyridine rings is 1. The van der Waals surface area contributed by atoms with Crippen LogP contribution in [-0.4, -0.2) is 18.6 Å². The van der Waals surface area contributed by atoms with E-state index in [0.29, 0.717) is 0 Å². The summed E-state index contributed by atoms with van der Waals surface area (Å²) in [4.78, 5) is 5.76. The van der Waals surface area contributed by atoms with Crippen molar-refractivity contribution >= 4 is 35.5 Å². The van der Waals surface area contributed by atoms with Crippen LogP contribution < -0.4 is 5.32 Å². The zero-order valence-corrected chi connectivity index (χ0v) is 18.9. The van der Waals surface area contributed by atoms with Crippen molar-refractivity contribution in [2.24, 2.45) is 0 Å². The van der Waals surface area contributed by atoms with Crippen molar-refractivity contribution in [3.63, 3.8) is 0 Å². The topological polar surface area (TPSA) is 24.9 Å². The van der Waals surface area contributed by atoms with E-state index in [1.165, 1.54) is 23.3 Å². The Labute approximate surface area is 187 Å². The Morgan fingerprint density at radius 2 is 1.77 bits per heavy atom. The van der Waals surface area contributed by atoms with Crippen LogP contribution in [-0.2, 0) is 18.6 Å². The maximum atomic E-state index is 13.0. The van der Waals surface area contributed by atoms with Crippen molar-refractivity contribution in [1.82, 2.24) is 10.3 Å². The molecule has 2 nitrogen and oxygen atoms in total. The Morgan fingerprint density at radius 1 is 1.03 bits per heavy atom. The van der Waals surface area contributed by atoms with Crippen LogP contribution in [0.5, 0.6) is 0 Å². The van der Waals surface area contributed by atoms with Crippen LogP contribution in [0.25, 0.3) is 12.2 Å². The van der Waals surface area contributed by atoms with Crippen molar-refractivity contribution in [3.8, 4) is 0 Å². The van der Waals surface area contributed by atoms with Crippen molar-refractivity contribution in [3.05, 3.63) is 93.5 Å². The first-order chi connectivity index (χ1) is 14.6. The van der Waals surface area contributed by atoms with Crippen LogP contribution in [0.3, 0.4) is 0 Å². The second-order valence-electron chi connectivity index (χ2n) is 6.98. The number of hydrogen-bond acceptors (Lipinski definition) is 3. The van der Waals surface area contributed by atoms with Gasteiger partial charge in [-0.1, -0.05) is 54.9 Å². The van der Waals surface area contributed by atoms with Gasteiger partial charge in [0.25, 0.3) is 0 Å². The number of aromatic nitrogens is 1. The maximum absolute atomic E-state index is 13.0. The molecule has 5 heteroatoms. The van der Waals surface area contributed by atoms with E-state index in [0.717, 1.165) is 51.9 Å². The number of nitrogens with zero attached hydrogens (tertiary/aromatic N) is 1. The van der Waals surface area contributed by atoms with E-state index >= 15 is 0 Å². The highest BCUT2D eigenvalue weighted by molar-refractivity contribution is 7.98. The van der Waals surface area contributed by atoms with Crippen LogP contribution in [0.15, 0.2) is 59.6 Å². The zero-order chi connectivity index (χ0) is 21.3. The standard InChI is InChI=1S/C25H26ClFN2S/c1-3-20-9-13-24(26)25(23(20)14-15-28-2)30-17-22-12-8-19(16-29-22)5-4-18-6-10-21(27)11-7-18/h4-13,16,28H,3,14-15,17H2,1-2H3/b5-4-. The van der Waals surface area contributed by atoms with Gasteiger partial charge in [0.2, 0.25) is 0 Å². The average molecular weight is 441 g/mol. The number of halogens is 2. The molecule has 0 aliphatic rings. The minimum absolute atomic E-state index is 0.227. The lowest BCUT2D eigenvalue weighted by Crippen LogP contribution is -2.12. The quantitative estimate of drug-likeness (QED) is 0.376. The van der Waals surface area contributed by atoms with Gasteiger partial charge >= 0.3 is 0 Å². The first-order valence-electron chi connectivity index (χ1n) is 10.1. The van der Waals surface area contributed by atoms with Gasteiger partial charge in [-0.05, 0) is 73.0 Å². The maximum Gasteiger partial charge on any atom is 0.123 e. The Bertz CT molecular complexity index is 985. The summed E-state index contributed by atoms with van der Waals surface area (Å²) >= 11 is 8.29. The van der Waals surface area contributed by atoms with E-state index in [1.54, 1.807) is 23.9 Å². The van der Waals surface area contributed by atoms with Crippen molar-refractivity contribution in [2.75, 3.05) is 13.6 Å². The lowest BCUT2D eigenvalue weighted by Gasteiger charge is -2.15. The van der Waals surface area contributed by atoms with Gasteiger partial charge in [-0.3, -0.25) is 4.98 Å². The molecular weight excluding hydrogens is 415 g/mol. The molecule has 0 spiro atoms. The highest BCUT2D eigenvalue weighted by Crippen LogP contribution is 2.35. The Morgan fingerprint density at radius 3 is 2.43 bits per heavy atom. The summed E-state index contributed by atoms with van der Waals surface area (Å²) in [6, 6.07) is 14.7. The average Bonchev–Trinajstić information content (AvgIpc) is 2.77. The van der Waals surface area contributed by atoms with E-state index in [4.69, 9.17) is 11.6 Å². The highest BCUT2D eigenvalue weighted by atomic mass is 35.5. The van der Waals surface area contributed by atoms with Crippen molar-refractivity contribution in [1.29, 1.82) is 0 Å². The fourth-order valence-electron chi connectivity index (χ4n) is 3.18. The van der Waals surface area contributed by atoms with E-state index in [1.807, 2.05) is 37.5 Å². The molecule has 0 saturated heterocycles. The SMILES string of the molecule is CCc1ccc(Cl)c(SCc2ccc(/C=C\c3ccc(F)cc3)cn2)c1CCNC. The Balaban J connectivity index is 1.68. The molecular formula is C25H26ClFN2S. The minimum atomic E-state index is -0.227. The van der Waals surface area contributed by atoms with Crippen molar-refractivity contribution in [2.45, 2.75) is 30.4 Å². The van der Waals surface area contributed by atoms with Gasteiger partial charge in [0, 0.05) is 16.8 Å². The van der Waals surface area contributed by atoms with Gasteiger partial charge in [0.15, 0.2) is 0 Å². The molecule has 156 valence electrons. The molecule has 0 amide bonds. The lowest BCUT2D eigenvalue weighted by atomic mass is 10.0. The van der Waals surface area contributed by atoms with Gasteiger partial charge in [-0.2, -0.15) is 0 Å². The highest BCUT2D eigenvalue weighted by Gasteiger charge is 2.12. The number of benzene rings is 2. The number of nitrogens with one attached hydrogen (secondary N) is 1. The van der Waals surface area contributed by atoms with Crippen LogP contribution in [0.4, 0.5) is 4.39 Å². The number of rotatable bonds is 9. The third kappa shape index (κ3) is 6.18. The van der Waals surface area contributed by atoms with Gasteiger partial charge in [-0.15, -0.1) is 11.8 Å². The lowest BCUT2D eigenvalue weighted by molar-refractivity contribution is 0.628. The second-order valence-corrected chi connectivity index (χ2v) is 8.37. The van der Waals surface area contributed by atoms with E-state index in [9.17, 15) is 4.39 Å². The summed E-state index contributed by atoms with van der Waals surface area (Å²) in [5.41, 5.74) is 5.66. The van der Waals surface area contributed by atoms with E-state index < -0.39 is 0 Å². The summed E-state index contributed by atoms with van der Waals surface area (Å²) in [6.07, 6.45) is 7.76. The summed E-state index contributed by atoms with van der Waals surface area (Å²) < 4.78 is 13.0. The van der Waals surface area contributed by atoms with Crippen LogP contribution in [0.1, 0.15) is 34.9 Å². The van der Waals surface area contributed by atoms with Gasteiger partial charge in [0.1, 0.15) is 5.82 Å². The molecule has 1 N–H and O–H groups in total. The summed E-state index contributed by atoms with van der Waals surface area (Å²) in [5, 5.41) is 4.04. The molecule has 30 heavy (non-hydrogen) atoms. The molecule has 0 bridgehead atoms. The monoisotopic (exact) mass is 440 g/mol. The normalized spacial score (nSPS) is 11.3. The molecule has 0 unspecified atom stereocenters.